The van der Waals surface area contributed by atoms with Crippen molar-refractivity contribution in [3.05, 3.63) is 29.8 Å². The largest absolute Gasteiger partial charge is 0.324 e. The smallest absolute Gasteiger partial charge is 0.241 e. The van der Waals surface area contributed by atoms with Crippen LogP contribution in [0.25, 0.3) is 0 Å². The molecule has 0 bridgehead atoms. The van der Waals surface area contributed by atoms with Crippen molar-refractivity contribution in [3.63, 3.8) is 0 Å². The van der Waals surface area contributed by atoms with Crippen molar-refractivity contribution in [2.24, 2.45) is 0 Å². The molecule has 0 radical (unpaired) electrons. The second-order valence-electron chi connectivity index (χ2n) is 3.19. The number of anilines is 1. The van der Waals surface area contributed by atoms with Crippen LogP contribution in [-0.4, -0.2) is 19.0 Å². The number of amides is 1. The van der Waals surface area contributed by atoms with Crippen molar-refractivity contribution < 1.29 is 4.79 Å². The lowest BCUT2D eigenvalue weighted by atomic mass is 9.99. The van der Waals surface area contributed by atoms with Crippen molar-refractivity contribution in [2.75, 3.05) is 12.4 Å². The Bertz CT molecular complexity index is 335. The number of hydrogen-bond donors (Lipinski definition) is 2. The van der Waals surface area contributed by atoms with Crippen molar-refractivity contribution in [3.8, 4) is 0 Å². The first kappa shape index (κ1) is 8.26. The van der Waals surface area contributed by atoms with Crippen LogP contribution in [0.2, 0.25) is 0 Å². The number of para-hydroxylation sites is 1. The zero-order valence-electron chi connectivity index (χ0n) is 7.50. The molecule has 0 saturated carbocycles. The van der Waals surface area contributed by atoms with Gasteiger partial charge in [-0.1, -0.05) is 18.2 Å². The lowest BCUT2D eigenvalue weighted by Gasteiger charge is -2.23. The summed E-state index contributed by atoms with van der Waals surface area (Å²) in [7, 11) is 1.80. The van der Waals surface area contributed by atoms with Crippen molar-refractivity contribution >= 4 is 11.6 Å². The van der Waals surface area contributed by atoms with Crippen LogP contribution in [0.5, 0.6) is 0 Å². The van der Waals surface area contributed by atoms with Crippen LogP contribution in [0, 0.1) is 0 Å². The highest BCUT2D eigenvalue weighted by Crippen LogP contribution is 2.21. The Labute approximate surface area is 77.1 Å². The summed E-state index contributed by atoms with van der Waals surface area (Å²) in [5, 5.41) is 5.84. The molecule has 2 rings (SSSR count). The first-order valence-corrected chi connectivity index (χ1v) is 4.37. The van der Waals surface area contributed by atoms with E-state index >= 15 is 0 Å². The van der Waals surface area contributed by atoms with Crippen LogP contribution in [0.3, 0.4) is 0 Å². The van der Waals surface area contributed by atoms with E-state index in [4.69, 9.17) is 0 Å². The van der Waals surface area contributed by atoms with Gasteiger partial charge in [-0.15, -0.1) is 0 Å². The number of benzene rings is 1. The third kappa shape index (κ3) is 1.42. The summed E-state index contributed by atoms with van der Waals surface area (Å²) < 4.78 is 0. The molecule has 3 heteroatoms. The maximum Gasteiger partial charge on any atom is 0.241 e. The van der Waals surface area contributed by atoms with Gasteiger partial charge in [-0.05, 0) is 25.1 Å². The molecule has 1 amide bonds. The molecule has 0 saturated heterocycles. The van der Waals surface area contributed by atoms with Gasteiger partial charge >= 0.3 is 0 Å². The highest BCUT2D eigenvalue weighted by molar-refractivity contribution is 5.97. The fourth-order valence-electron chi connectivity index (χ4n) is 1.59. The number of likely N-dealkylation sites (N-methyl/N-ethyl adjacent to an activating group) is 1. The monoisotopic (exact) mass is 176 g/mol. The molecule has 0 aromatic heterocycles. The SMILES string of the molecule is CNC1Cc2ccccc2NC1=O. The van der Waals surface area contributed by atoms with E-state index in [1.807, 2.05) is 24.3 Å². The molecule has 1 heterocycles. The van der Waals surface area contributed by atoms with E-state index in [2.05, 4.69) is 10.6 Å². The summed E-state index contributed by atoms with van der Waals surface area (Å²) in [6, 6.07) is 7.80. The molecule has 68 valence electrons. The van der Waals surface area contributed by atoms with E-state index in [1.165, 1.54) is 5.56 Å². The van der Waals surface area contributed by atoms with Crippen LogP contribution >= 0.6 is 0 Å². The third-order valence-corrected chi connectivity index (χ3v) is 2.36. The van der Waals surface area contributed by atoms with Crippen LogP contribution in [0.1, 0.15) is 5.56 Å². The van der Waals surface area contributed by atoms with Crippen molar-refractivity contribution in [2.45, 2.75) is 12.5 Å². The number of carbonyl (C=O) groups excluding carboxylic acids is 1. The molecule has 0 aliphatic carbocycles. The first-order chi connectivity index (χ1) is 6.31. The molecule has 1 atom stereocenters. The third-order valence-electron chi connectivity index (χ3n) is 2.36. The molecule has 1 aromatic rings. The summed E-state index contributed by atoms with van der Waals surface area (Å²) in [5.74, 6) is 0.0567. The molecule has 0 spiro atoms. The molecule has 1 aliphatic heterocycles. The fourth-order valence-corrected chi connectivity index (χ4v) is 1.59. The molecular weight excluding hydrogens is 164 g/mol. The van der Waals surface area contributed by atoms with Crippen LogP contribution < -0.4 is 10.6 Å². The number of hydrogen-bond acceptors (Lipinski definition) is 2. The van der Waals surface area contributed by atoms with Gasteiger partial charge in [0.1, 0.15) is 0 Å². The zero-order chi connectivity index (χ0) is 9.26. The maximum absolute atomic E-state index is 11.4. The van der Waals surface area contributed by atoms with E-state index in [9.17, 15) is 4.79 Å². The highest BCUT2D eigenvalue weighted by atomic mass is 16.2. The quantitative estimate of drug-likeness (QED) is 0.663. The molecule has 1 unspecified atom stereocenters. The Morgan fingerprint density at radius 3 is 3.00 bits per heavy atom. The Kier molecular flexibility index (Phi) is 2.02. The average molecular weight is 176 g/mol. The number of nitrogens with one attached hydrogen (secondary N) is 2. The molecule has 1 aliphatic rings. The minimum Gasteiger partial charge on any atom is -0.324 e. The standard InChI is InChI=1S/C10H12N2O/c1-11-9-6-7-4-2-3-5-8(7)12-10(9)13/h2-5,9,11H,6H2,1H3,(H,12,13). The van der Waals surface area contributed by atoms with Gasteiger partial charge in [-0.3, -0.25) is 4.79 Å². The van der Waals surface area contributed by atoms with Gasteiger partial charge in [0.25, 0.3) is 0 Å². The summed E-state index contributed by atoms with van der Waals surface area (Å²) in [5.41, 5.74) is 2.14. The molecule has 3 nitrogen and oxygen atoms in total. The maximum atomic E-state index is 11.4. The van der Waals surface area contributed by atoms with Crippen LogP contribution in [0.4, 0.5) is 5.69 Å². The van der Waals surface area contributed by atoms with Gasteiger partial charge in [0.05, 0.1) is 6.04 Å². The summed E-state index contributed by atoms with van der Waals surface area (Å²) in [6.45, 7) is 0. The Hall–Kier alpha value is -1.35. The number of carbonyl (C=O) groups is 1. The fraction of sp³-hybridized carbons (Fsp3) is 0.300. The topological polar surface area (TPSA) is 41.1 Å². The van der Waals surface area contributed by atoms with Gasteiger partial charge in [-0.25, -0.2) is 0 Å². The lowest BCUT2D eigenvalue weighted by Crippen LogP contribution is -2.43. The van der Waals surface area contributed by atoms with Crippen LogP contribution in [-0.2, 0) is 11.2 Å². The van der Waals surface area contributed by atoms with Crippen molar-refractivity contribution in [1.82, 2.24) is 5.32 Å². The normalized spacial score (nSPS) is 20.7. The summed E-state index contributed by atoms with van der Waals surface area (Å²) in [4.78, 5) is 11.4. The Balaban J connectivity index is 2.33. The van der Waals surface area contributed by atoms with E-state index in [0.717, 1.165) is 12.1 Å². The summed E-state index contributed by atoms with van der Waals surface area (Å²) in [6.07, 6.45) is 0.776. The highest BCUT2D eigenvalue weighted by Gasteiger charge is 2.23. The van der Waals surface area contributed by atoms with Gasteiger partial charge < -0.3 is 10.6 Å². The molecule has 1 aromatic carbocycles. The summed E-state index contributed by atoms with van der Waals surface area (Å²) >= 11 is 0. The van der Waals surface area contributed by atoms with Gasteiger partial charge in [0.2, 0.25) is 5.91 Å². The van der Waals surface area contributed by atoms with Crippen molar-refractivity contribution in [1.29, 1.82) is 0 Å². The second-order valence-corrected chi connectivity index (χ2v) is 3.19. The molecular formula is C10H12N2O. The minimum atomic E-state index is -0.0881. The van der Waals surface area contributed by atoms with Gasteiger partial charge in [0.15, 0.2) is 0 Å². The number of rotatable bonds is 1. The van der Waals surface area contributed by atoms with E-state index < -0.39 is 0 Å². The number of fused-ring (bicyclic) bond motifs is 1. The van der Waals surface area contributed by atoms with Gasteiger partial charge in [-0.2, -0.15) is 0 Å². The predicted octanol–water partition coefficient (Wildman–Crippen LogP) is 0.769. The molecule has 2 N–H and O–H groups in total. The second kappa shape index (κ2) is 3.18. The molecule has 13 heavy (non-hydrogen) atoms. The Morgan fingerprint density at radius 2 is 2.23 bits per heavy atom. The lowest BCUT2D eigenvalue weighted by molar-refractivity contribution is -0.118. The average Bonchev–Trinajstić information content (AvgIpc) is 2.17. The zero-order valence-corrected chi connectivity index (χ0v) is 7.50. The first-order valence-electron chi connectivity index (χ1n) is 4.37. The molecule has 0 fully saturated rings. The van der Waals surface area contributed by atoms with E-state index in [1.54, 1.807) is 7.05 Å². The predicted molar refractivity (Wildman–Crippen MR) is 51.6 cm³/mol. The Morgan fingerprint density at radius 1 is 1.46 bits per heavy atom. The van der Waals surface area contributed by atoms with Gasteiger partial charge in [0, 0.05) is 5.69 Å². The van der Waals surface area contributed by atoms with Crippen LogP contribution in [0.15, 0.2) is 24.3 Å². The minimum absolute atomic E-state index is 0.0567. The van der Waals surface area contributed by atoms with E-state index in [0.29, 0.717) is 0 Å². The van der Waals surface area contributed by atoms with E-state index in [-0.39, 0.29) is 11.9 Å².